The van der Waals surface area contributed by atoms with E-state index in [-0.39, 0.29) is 12.4 Å². The van der Waals surface area contributed by atoms with Gasteiger partial charge >= 0.3 is 0 Å². The van der Waals surface area contributed by atoms with Gasteiger partial charge in [0.05, 0.1) is 6.61 Å². The van der Waals surface area contributed by atoms with Crippen LogP contribution in [0.4, 0.5) is 4.39 Å². The van der Waals surface area contributed by atoms with Gasteiger partial charge in [-0.25, -0.2) is 4.39 Å². The first kappa shape index (κ1) is 12.1. The molecule has 84 valence electrons. The van der Waals surface area contributed by atoms with Gasteiger partial charge in [-0.1, -0.05) is 12.1 Å². The van der Waals surface area contributed by atoms with Gasteiger partial charge in [0.25, 0.3) is 0 Å². The smallest absolute Gasteiger partial charge is 0.123 e. The average molecular weight is 211 g/mol. The maximum absolute atomic E-state index is 12.7. The molecule has 0 spiro atoms. The summed E-state index contributed by atoms with van der Waals surface area (Å²) in [5.41, 5.74) is 1.07. The van der Waals surface area contributed by atoms with E-state index >= 15 is 0 Å². The molecule has 0 saturated heterocycles. The van der Waals surface area contributed by atoms with E-state index in [1.807, 2.05) is 0 Å². The molecule has 0 bridgehead atoms. The fourth-order valence-electron chi connectivity index (χ4n) is 1.47. The Morgan fingerprint density at radius 3 is 2.33 bits per heavy atom. The quantitative estimate of drug-likeness (QED) is 0.805. The molecule has 0 aliphatic rings. The average Bonchev–Trinajstić information content (AvgIpc) is 2.20. The molecule has 0 atom stereocenters. The van der Waals surface area contributed by atoms with Crippen molar-refractivity contribution in [1.29, 1.82) is 0 Å². The highest BCUT2D eigenvalue weighted by Gasteiger charge is 2.08. The van der Waals surface area contributed by atoms with Crippen LogP contribution >= 0.6 is 0 Å². The minimum Gasteiger partial charge on any atom is -0.395 e. The van der Waals surface area contributed by atoms with Crippen LogP contribution in [0.1, 0.15) is 19.4 Å². The largest absolute Gasteiger partial charge is 0.395 e. The maximum Gasteiger partial charge on any atom is 0.123 e. The number of aliphatic hydroxyl groups excluding tert-OH is 1. The summed E-state index contributed by atoms with van der Waals surface area (Å²) in [4.78, 5) is 2.15. The highest BCUT2D eigenvalue weighted by Crippen LogP contribution is 2.08. The van der Waals surface area contributed by atoms with Gasteiger partial charge in [0, 0.05) is 19.1 Å². The lowest BCUT2D eigenvalue weighted by molar-refractivity contribution is 0.159. The lowest BCUT2D eigenvalue weighted by atomic mass is 10.2. The summed E-state index contributed by atoms with van der Waals surface area (Å²) in [7, 11) is 0. The molecule has 0 aromatic heterocycles. The zero-order valence-corrected chi connectivity index (χ0v) is 9.28. The molecule has 0 amide bonds. The van der Waals surface area contributed by atoms with Crippen LogP contribution in [0.5, 0.6) is 0 Å². The van der Waals surface area contributed by atoms with E-state index in [4.69, 9.17) is 5.11 Å². The fourth-order valence-corrected chi connectivity index (χ4v) is 1.47. The molecule has 0 fully saturated rings. The summed E-state index contributed by atoms with van der Waals surface area (Å²) >= 11 is 0. The molecular formula is C12H18FNO. The van der Waals surface area contributed by atoms with Crippen LogP contribution in [-0.4, -0.2) is 29.2 Å². The molecule has 1 aromatic carbocycles. The third kappa shape index (κ3) is 3.98. The molecule has 3 heteroatoms. The van der Waals surface area contributed by atoms with Crippen LogP contribution in [0.2, 0.25) is 0 Å². The minimum atomic E-state index is -0.211. The van der Waals surface area contributed by atoms with Gasteiger partial charge in [0.1, 0.15) is 5.82 Å². The predicted molar refractivity (Wildman–Crippen MR) is 59.0 cm³/mol. The number of aliphatic hydroxyl groups is 1. The first-order chi connectivity index (χ1) is 7.13. The van der Waals surface area contributed by atoms with Crippen LogP contribution in [0.3, 0.4) is 0 Å². The summed E-state index contributed by atoms with van der Waals surface area (Å²) in [5.74, 6) is -0.211. The van der Waals surface area contributed by atoms with Crippen molar-refractivity contribution < 1.29 is 9.50 Å². The number of benzene rings is 1. The molecular weight excluding hydrogens is 193 g/mol. The monoisotopic (exact) mass is 211 g/mol. The van der Waals surface area contributed by atoms with Crippen molar-refractivity contribution >= 4 is 0 Å². The predicted octanol–water partition coefficient (Wildman–Crippen LogP) is 2.03. The topological polar surface area (TPSA) is 23.5 Å². The van der Waals surface area contributed by atoms with Crippen LogP contribution in [0.15, 0.2) is 24.3 Å². The van der Waals surface area contributed by atoms with E-state index in [1.165, 1.54) is 12.1 Å². The van der Waals surface area contributed by atoms with Crippen LogP contribution in [0, 0.1) is 5.82 Å². The fraction of sp³-hybridized carbons (Fsp3) is 0.500. The summed E-state index contributed by atoms with van der Waals surface area (Å²) in [5, 5.41) is 8.91. The number of halogens is 1. The third-order valence-electron chi connectivity index (χ3n) is 2.42. The highest BCUT2D eigenvalue weighted by atomic mass is 19.1. The molecule has 1 aromatic rings. The summed E-state index contributed by atoms with van der Waals surface area (Å²) in [6, 6.07) is 6.87. The molecule has 0 saturated carbocycles. The second-order valence-corrected chi connectivity index (χ2v) is 3.91. The summed E-state index contributed by atoms with van der Waals surface area (Å²) in [6.45, 7) is 5.71. The minimum absolute atomic E-state index is 0.152. The Morgan fingerprint density at radius 1 is 1.27 bits per heavy atom. The van der Waals surface area contributed by atoms with Crippen molar-refractivity contribution in [3.05, 3.63) is 35.6 Å². The Kier molecular flexibility index (Phi) is 4.72. The Balaban J connectivity index is 2.61. The second-order valence-electron chi connectivity index (χ2n) is 3.91. The van der Waals surface area contributed by atoms with Gasteiger partial charge in [0.15, 0.2) is 0 Å². The van der Waals surface area contributed by atoms with Crippen molar-refractivity contribution in [3.8, 4) is 0 Å². The molecule has 0 unspecified atom stereocenters. The molecule has 0 aliphatic heterocycles. The number of hydrogen-bond donors (Lipinski definition) is 1. The highest BCUT2D eigenvalue weighted by molar-refractivity contribution is 5.15. The normalized spacial score (nSPS) is 11.3. The van der Waals surface area contributed by atoms with Gasteiger partial charge in [-0.2, -0.15) is 0 Å². The van der Waals surface area contributed by atoms with Crippen molar-refractivity contribution in [2.45, 2.75) is 26.4 Å². The van der Waals surface area contributed by atoms with E-state index in [1.54, 1.807) is 12.1 Å². The summed E-state index contributed by atoms with van der Waals surface area (Å²) in [6.07, 6.45) is 0. The van der Waals surface area contributed by atoms with Gasteiger partial charge < -0.3 is 5.11 Å². The van der Waals surface area contributed by atoms with Gasteiger partial charge in [-0.05, 0) is 31.5 Å². The second kappa shape index (κ2) is 5.83. The van der Waals surface area contributed by atoms with E-state index in [0.717, 1.165) is 12.1 Å². The Morgan fingerprint density at radius 2 is 1.87 bits per heavy atom. The van der Waals surface area contributed by atoms with Gasteiger partial charge in [0.2, 0.25) is 0 Å². The van der Waals surface area contributed by atoms with Crippen molar-refractivity contribution in [1.82, 2.24) is 4.90 Å². The number of hydrogen-bond acceptors (Lipinski definition) is 2. The molecule has 0 heterocycles. The van der Waals surface area contributed by atoms with Crippen molar-refractivity contribution in [2.75, 3.05) is 13.2 Å². The Bertz CT molecular complexity index is 284. The molecule has 0 aliphatic carbocycles. The van der Waals surface area contributed by atoms with Crippen LogP contribution in [-0.2, 0) is 6.54 Å². The zero-order valence-electron chi connectivity index (χ0n) is 9.28. The third-order valence-corrected chi connectivity index (χ3v) is 2.42. The van der Waals surface area contributed by atoms with Gasteiger partial charge in [-0.3, -0.25) is 4.90 Å². The van der Waals surface area contributed by atoms with E-state index in [9.17, 15) is 4.39 Å². The lowest BCUT2D eigenvalue weighted by Gasteiger charge is -2.25. The first-order valence-corrected chi connectivity index (χ1v) is 5.23. The van der Waals surface area contributed by atoms with E-state index < -0.39 is 0 Å². The molecule has 2 nitrogen and oxygen atoms in total. The number of nitrogens with zero attached hydrogens (tertiary/aromatic N) is 1. The van der Waals surface area contributed by atoms with E-state index in [0.29, 0.717) is 12.6 Å². The first-order valence-electron chi connectivity index (χ1n) is 5.23. The number of rotatable bonds is 5. The van der Waals surface area contributed by atoms with E-state index in [2.05, 4.69) is 18.7 Å². The van der Waals surface area contributed by atoms with Crippen molar-refractivity contribution in [3.63, 3.8) is 0 Å². The summed E-state index contributed by atoms with van der Waals surface area (Å²) < 4.78 is 12.7. The lowest BCUT2D eigenvalue weighted by Crippen LogP contribution is -2.32. The van der Waals surface area contributed by atoms with Crippen LogP contribution < -0.4 is 0 Å². The van der Waals surface area contributed by atoms with Crippen LogP contribution in [0.25, 0.3) is 0 Å². The molecule has 0 radical (unpaired) electrons. The SMILES string of the molecule is CC(C)N(CCO)Cc1ccc(F)cc1. The molecule has 1 N–H and O–H groups in total. The molecule has 15 heavy (non-hydrogen) atoms. The van der Waals surface area contributed by atoms with Gasteiger partial charge in [-0.15, -0.1) is 0 Å². The maximum atomic E-state index is 12.7. The Labute approximate surface area is 90.3 Å². The standard InChI is InChI=1S/C12H18FNO/c1-10(2)14(7-8-15)9-11-3-5-12(13)6-4-11/h3-6,10,15H,7-9H2,1-2H3. The zero-order chi connectivity index (χ0) is 11.3. The Hall–Kier alpha value is -0.930. The van der Waals surface area contributed by atoms with Crippen molar-refractivity contribution in [2.24, 2.45) is 0 Å². The molecule has 1 rings (SSSR count).